The molecular formula is C13H24O2. The number of ketones is 1. The Hall–Kier alpha value is -0.630. The summed E-state index contributed by atoms with van der Waals surface area (Å²) < 4.78 is 5.64. The quantitative estimate of drug-likeness (QED) is 0.575. The van der Waals surface area contributed by atoms with E-state index in [9.17, 15) is 4.79 Å². The van der Waals surface area contributed by atoms with E-state index in [2.05, 4.69) is 6.58 Å². The molecule has 0 atom stereocenters. The highest BCUT2D eigenvalue weighted by Gasteiger charge is 2.34. The van der Waals surface area contributed by atoms with Crippen LogP contribution in [0.5, 0.6) is 0 Å². The Bertz CT molecular complexity index is 215. The van der Waals surface area contributed by atoms with Crippen molar-refractivity contribution < 1.29 is 9.53 Å². The zero-order valence-electron chi connectivity index (χ0n) is 10.6. The number of carbonyl (C=O) groups is 1. The highest BCUT2D eigenvalue weighted by Crippen LogP contribution is 2.24. The molecule has 0 amide bonds. The van der Waals surface area contributed by atoms with Crippen molar-refractivity contribution in [1.29, 1.82) is 0 Å². The molecule has 0 unspecified atom stereocenters. The summed E-state index contributed by atoms with van der Waals surface area (Å²) in [5.74, 6) is 0.220. The van der Waals surface area contributed by atoms with E-state index in [1.54, 1.807) is 0 Å². The van der Waals surface area contributed by atoms with Crippen molar-refractivity contribution in [3.8, 4) is 0 Å². The number of rotatable bonds is 8. The van der Waals surface area contributed by atoms with Crippen LogP contribution >= 0.6 is 0 Å². The highest BCUT2D eigenvalue weighted by atomic mass is 16.5. The van der Waals surface area contributed by atoms with E-state index in [1.165, 1.54) is 0 Å². The van der Waals surface area contributed by atoms with E-state index in [0.717, 1.165) is 24.8 Å². The summed E-state index contributed by atoms with van der Waals surface area (Å²) in [5.41, 5.74) is 0.505. The van der Waals surface area contributed by atoms with Crippen LogP contribution in [0.2, 0.25) is 0 Å². The van der Waals surface area contributed by atoms with Crippen molar-refractivity contribution in [2.75, 3.05) is 6.61 Å². The summed E-state index contributed by atoms with van der Waals surface area (Å²) in [4.78, 5) is 12.1. The van der Waals surface area contributed by atoms with Gasteiger partial charge in [-0.3, -0.25) is 4.79 Å². The van der Waals surface area contributed by atoms with Crippen LogP contribution in [0, 0.1) is 0 Å². The van der Waals surface area contributed by atoms with Gasteiger partial charge in [-0.25, -0.2) is 0 Å². The van der Waals surface area contributed by atoms with Crippen molar-refractivity contribution in [1.82, 2.24) is 0 Å². The summed E-state index contributed by atoms with van der Waals surface area (Å²) in [5, 5.41) is 0. The zero-order valence-corrected chi connectivity index (χ0v) is 10.6. The van der Waals surface area contributed by atoms with Gasteiger partial charge >= 0.3 is 0 Å². The van der Waals surface area contributed by atoms with Crippen molar-refractivity contribution in [2.24, 2.45) is 0 Å². The summed E-state index contributed by atoms with van der Waals surface area (Å²) in [6.07, 6.45) is 2.84. The van der Waals surface area contributed by atoms with Crippen molar-refractivity contribution in [3.05, 3.63) is 12.2 Å². The summed E-state index contributed by atoms with van der Waals surface area (Å²) in [6, 6.07) is 0. The predicted molar refractivity (Wildman–Crippen MR) is 64.0 cm³/mol. The Morgan fingerprint density at radius 2 is 1.73 bits per heavy atom. The second kappa shape index (κ2) is 6.78. The minimum absolute atomic E-state index is 0.220. The lowest BCUT2D eigenvalue weighted by atomic mass is 9.88. The van der Waals surface area contributed by atoms with E-state index in [-0.39, 0.29) is 5.78 Å². The van der Waals surface area contributed by atoms with Crippen LogP contribution in [0.4, 0.5) is 0 Å². The number of ether oxygens (including phenoxy) is 1. The van der Waals surface area contributed by atoms with Crippen LogP contribution in [0.3, 0.4) is 0 Å². The van der Waals surface area contributed by atoms with E-state index in [4.69, 9.17) is 4.74 Å². The fraction of sp³-hybridized carbons (Fsp3) is 0.769. The number of carbonyl (C=O) groups excluding carboxylic acids is 1. The standard InChI is InChI=1S/C13H24O2/c1-6-13(7-2,15-8-3)12(14)10-9-11(4)5/h4,6-10H2,1-3,5H3. The SMILES string of the molecule is C=C(C)CCC(=O)C(CC)(CC)OCC. The minimum atomic E-state index is -0.551. The lowest BCUT2D eigenvalue weighted by Crippen LogP contribution is -2.40. The molecular weight excluding hydrogens is 188 g/mol. The fourth-order valence-electron chi connectivity index (χ4n) is 1.76. The average Bonchev–Trinajstić information content (AvgIpc) is 2.22. The Balaban J connectivity index is 4.46. The second-order valence-corrected chi connectivity index (χ2v) is 4.01. The first-order valence-electron chi connectivity index (χ1n) is 5.84. The summed E-state index contributed by atoms with van der Waals surface area (Å²) in [7, 11) is 0. The Morgan fingerprint density at radius 1 is 1.20 bits per heavy atom. The molecule has 0 bridgehead atoms. The van der Waals surface area contributed by atoms with E-state index < -0.39 is 5.60 Å². The maximum absolute atomic E-state index is 12.1. The lowest BCUT2D eigenvalue weighted by Gasteiger charge is -2.30. The van der Waals surface area contributed by atoms with Gasteiger partial charge in [0.2, 0.25) is 0 Å². The van der Waals surface area contributed by atoms with Crippen LogP contribution in [-0.4, -0.2) is 18.0 Å². The van der Waals surface area contributed by atoms with Crippen LogP contribution in [0.1, 0.15) is 53.4 Å². The smallest absolute Gasteiger partial charge is 0.164 e. The van der Waals surface area contributed by atoms with Crippen LogP contribution in [0.25, 0.3) is 0 Å². The van der Waals surface area contributed by atoms with Crippen LogP contribution in [0.15, 0.2) is 12.2 Å². The third-order valence-corrected chi connectivity index (χ3v) is 2.85. The monoisotopic (exact) mass is 212 g/mol. The van der Waals surface area contributed by atoms with Gasteiger partial charge in [0.1, 0.15) is 5.60 Å². The minimum Gasteiger partial charge on any atom is -0.368 e. The Morgan fingerprint density at radius 3 is 2.07 bits per heavy atom. The van der Waals surface area contributed by atoms with Crippen molar-refractivity contribution in [2.45, 2.75) is 59.0 Å². The third kappa shape index (κ3) is 4.17. The largest absolute Gasteiger partial charge is 0.368 e. The Labute approximate surface area is 93.7 Å². The predicted octanol–water partition coefficient (Wildman–Crippen LogP) is 3.51. The molecule has 0 saturated heterocycles. The van der Waals surface area contributed by atoms with Gasteiger partial charge < -0.3 is 4.74 Å². The van der Waals surface area contributed by atoms with E-state index in [1.807, 2.05) is 27.7 Å². The molecule has 0 fully saturated rings. The molecule has 0 aliphatic carbocycles. The third-order valence-electron chi connectivity index (χ3n) is 2.85. The molecule has 0 rings (SSSR count). The topological polar surface area (TPSA) is 26.3 Å². The molecule has 0 aromatic rings. The van der Waals surface area contributed by atoms with Gasteiger partial charge in [-0.2, -0.15) is 0 Å². The van der Waals surface area contributed by atoms with Gasteiger partial charge in [0.15, 0.2) is 5.78 Å². The molecule has 0 aromatic heterocycles. The maximum atomic E-state index is 12.1. The first-order chi connectivity index (χ1) is 7.02. The molecule has 0 aliphatic rings. The van der Waals surface area contributed by atoms with Gasteiger partial charge in [-0.05, 0) is 33.1 Å². The zero-order chi connectivity index (χ0) is 11.9. The lowest BCUT2D eigenvalue weighted by molar-refractivity contribution is -0.145. The molecule has 2 heteroatoms. The molecule has 0 aromatic carbocycles. The molecule has 0 spiro atoms. The number of allylic oxidation sites excluding steroid dienone is 1. The molecule has 2 nitrogen and oxygen atoms in total. The van der Waals surface area contributed by atoms with E-state index in [0.29, 0.717) is 13.0 Å². The molecule has 0 aliphatic heterocycles. The number of Topliss-reactive ketones (excluding diaryl/α,β-unsaturated/α-hetero) is 1. The van der Waals surface area contributed by atoms with Crippen LogP contribution in [-0.2, 0) is 9.53 Å². The van der Waals surface area contributed by atoms with Gasteiger partial charge in [0.25, 0.3) is 0 Å². The highest BCUT2D eigenvalue weighted by molar-refractivity contribution is 5.87. The molecule has 0 radical (unpaired) electrons. The normalized spacial score (nSPS) is 11.5. The first-order valence-corrected chi connectivity index (χ1v) is 5.84. The summed E-state index contributed by atoms with van der Waals surface area (Å²) >= 11 is 0. The van der Waals surface area contributed by atoms with Crippen molar-refractivity contribution >= 4 is 5.78 Å². The van der Waals surface area contributed by atoms with Gasteiger partial charge in [0, 0.05) is 13.0 Å². The van der Waals surface area contributed by atoms with Crippen molar-refractivity contribution in [3.63, 3.8) is 0 Å². The second-order valence-electron chi connectivity index (χ2n) is 4.01. The molecule has 0 N–H and O–H groups in total. The van der Waals surface area contributed by atoms with Gasteiger partial charge in [-0.1, -0.05) is 19.4 Å². The molecule has 0 saturated carbocycles. The van der Waals surface area contributed by atoms with Gasteiger partial charge in [-0.15, -0.1) is 6.58 Å². The Kier molecular flexibility index (Phi) is 6.50. The number of hydrogen-bond donors (Lipinski definition) is 0. The molecule has 0 heterocycles. The van der Waals surface area contributed by atoms with Gasteiger partial charge in [0.05, 0.1) is 0 Å². The van der Waals surface area contributed by atoms with E-state index >= 15 is 0 Å². The first kappa shape index (κ1) is 14.4. The average molecular weight is 212 g/mol. The van der Waals surface area contributed by atoms with Crippen LogP contribution < -0.4 is 0 Å². The summed E-state index contributed by atoms with van der Waals surface area (Å²) in [6.45, 7) is 12.3. The number of hydrogen-bond acceptors (Lipinski definition) is 2. The maximum Gasteiger partial charge on any atom is 0.164 e. The molecule has 88 valence electrons. The molecule has 15 heavy (non-hydrogen) atoms. The fourth-order valence-corrected chi connectivity index (χ4v) is 1.76.